The number of aliphatic hydroxyl groups is 1. The van der Waals surface area contributed by atoms with Crippen LogP contribution in [-0.2, 0) is 11.2 Å². The summed E-state index contributed by atoms with van der Waals surface area (Å²) >= 11 is 0. The minimum absolute atomic E-state index is 0.0785. The summed E-state index contributed by atoms with van der Waals surface area (Å²) in [6.07, 6.45) is 2.82. The molecule has 1 N–H and O–H groups in total. The molecule has 2 nitrogen and oxygen atoms in total. The molecule has 1 heterocycles. The molecular formula is C18H26O2. The Morgan fingerprint density at radius 3 is 2.50 bits per heavy atom. The Balaban J connectivity index is 1.90. The lowest BCUT2D eigenvalue weighted by Gasteiger charge is -2.39. The van der Waals surface area contributed by atoms with Crippen LogP contribution in [0.1, 0.15) is 57.8 Å². The van der Waals surface area contributed by atoms with Crippen molar-refractivity contribution in [3.63, 3.8) is 0 Å². The predicted octanol–water partition coefficient (Wildman–Crippen LogP) is 3.88. The SMILES string of the molecule is CC1(C)CC(C2CCc3ccccc3C2O)C(C)(C)O1. The van der Waals surface area contributed by atoms with Crippen molar-refractivity contribution in [1.82, 2.24) is 0 Å². The van der Waals surface area contributed by atoms with Crippen molar-refractivity contribution in [3.05, 3.63) is 35.4 Å². The monoisotopic (exact) mass is 274 g/mol. The molecule has 20 heavy (non-hydrogen) atoms. The first-order chi connectivity index (χ1) is 9.30. The van der Waals surface area contributed by atoms with E-state index < -0.39 is 0 Å². The average Bonchev–Trinajstić information content (AvgIpc) is 2.58. The van der Waals surface area contributed by atoms with Crippen LogP contribution in [0.5, 0.6) is 0 Å². The van der Waals surface area contributed by atoms with Gasteiger partial charge in [-0.15, -0.1) is 0 Å². The van der Waals surface area contributed by atoms with Crippen LogP contribution in [0, 0.1) is 11.8 Å². The topological polar surface area (TPSA) is 29.5 Å². The molecule has 2 aliphatic rings. The summed E-state index contributed by atoms with van der Waals surface area (Å²) < 4.78 is 6.23. The highest BCUT2D eigenvalue weighted by Crippen LogP contribution is 2.51. The van der Waals surface area contributed by atoms with Gasteiger partial charge in [0.15, 0.2) is 0 Å². The van der Waals surface area contributed by atoms with Crippen molar-refractivity contribution in [2.45, 2.75) is 64.3 Å². The second-order valence-electron chi connectivity index (χ2n) is 7.62. The fraction of sp³-hybridized carbons (Fsp3) is 0.667. The number of aliphatic hydroxyl groups excluding tert-OH is 1. The summed E-state index contributed by atoms with van der Waals surface area (Å²) in [6, 6.07) is 8.33. The molecule has 1 aliphatic carbocycles. The summed E-state index contributed by atoms with van der Waals surface area (Å²) in [5.74, 6) is 0.725. The molecular weight excluding hydrogens is 248 g/mol. The molecule has 1 aromatic carbocycles. The summed E-state index contributed by atoms with van der Waals surface area (Å²) in [4.78, 5) is 0. The number of rotatable bonds is 1. The molecule has 0 saturated carbocycles. The van der Waals surface area contributed by atoms with Crippen molar-refractivity contribution in [1.29, 1.82) is 0 Å². The first-order valence-corrected chi connectivity index (χ1v) is 7.76. The Hall–Kier alpha value is -0.860. The predicted molar refractivity (Wildman–Crippen MR) is 80.6 cm³/mol. The highest BCUT2D eigenvalue weighted by molar-refractivity contribution is 5.32. The van der Waals surface area contributed by atoms with Gasteiger partial charge in [0.25, 0.3) is 0 Å². The van der Waals surface area contributed by atoms with Gasteiger partial charge in [0, 0.05) is 0 Å². The molecule has 1 aliphatic heterocycles. The van der Waals surface area contributed by atoms with Gasteiger partial charge >= 0.3 is 0 Å². The number of ether oxygens (including phenoxy) is 1. The molecule has 1 aromatic rings. The van der Waals surface area contributed by atoms with Crippen molar-refractivity contribution in [3.8, 4) is 0 Å². The van der Waals surface area contributed by atoms with Crippen LogP contribution in [0.15, 0.2) is 24.3 Å². The van der Waals surface area contributed by atoms with Crippen LogP contribution in [-0.4, -0.2) is 16.3 Å². The third-order valence-corrected chi connectivity index (χ3v) is 5.19. The number of hydrogen-bond donors (Lipinski definition) is 1. The second-order valence-corrected chi connectivity index (χ2v) is 7.62. The Kier molecular flexibility index (Phi) is 3.22. The maximum absolute atomic E-state index is 10.8. The van der Waals surface area contributed by atoms with Crippen LogP contribution in [0.3, 0.4) is 0 Å². The average molecular weight is 274 g/mol. The lowest BCUT2D eigenvalue weighted by atomic mass is 9.68. The summed E-state index contributed by atoms with van der Waals surface area (Å²) in [7, 11) is 0. The Morgan fingerprint density at radius 2 is 1.85 bits per heavy atom. The molecule has 3 atom stereocenters. The van der Waals surface area contributed by atoms with Crippen LogP contribution in [0.25, 0.3) is 0 Å². The van der Waals surface area contributed by atoms with Gasteiger partial charge in [0.2, 0.25) is 0 Å². The molecule has 3 rings (SSSR count). The minimum atomic E-state index is -0.346. The van der Waals surface area contributed by atoms with Gasteiger partial charge in [-0.3, -0.25) is 0 Å². The maximum Gasteiger partial charge on any atom is 0.0824 e. The van der Waals surface area contributed by atoms with Crippen LogP contribution in [0.4, 0.5) is 0 Å². The molecule has 1 saturated heterocycles. The highest BCUT2D eigenvalue weighted by Gasteiger charge is 2.51. The molecule has 3 unspecified atom stereocenters. The summed E-state index contributed by atoms with van der Waals surface area (Å²) in [5.41, 5.74) is 2.21. The lowest BCUT2D eigenvalue weighted by molar-refractivity contribution is -0.0890. The third kappa shape index (κ3) is 2.29. The quantitative estimate of drug-likeness (QED) is 0.842. The van der Waals surface area contributed by atoms with Crippen LogP contribution >= 0.6 is 0 Å². The van der Waals surface area contributed by atoms with E-state index in [-0.39, 0.29) is 17.3 Å². The fourth-order valence-corrected chi connectivity index (χ4v) is 4.45. The van der Waals surface area contributed by atoms with E-state index in [1.807, 2.05) is 6.07 Å². The van der Waals surface area contributed by atoms with Crippen LogP contribution in [0.2, 0.25) is 0 Å². The van der Waals surface area contributed by atoms with Crippen molar-refractivity contribution in [2.75, 3.05) is 0 Å². The zero-order chi connectivity index (χ0) is 14.5. The van der Waals surface area contributed by atoms with Crippen LogP contribution < -0.4 is 0 Å². The van der Waals surface area contributed by atoms with E-state index in [0.29, 0.717) is 11.8 Å². The van der Waals surface area contributed by atoms with Gasteiger partial charge in [0.1, 0.15) is 0 Å². The van der Waals surface area contributed by atoms with E-state index >= 15 is 0 Å². The number of aryl methyl sites for hydroxylation is 1. The molecule has 1 fully saturated rings. The second kappa shape index (κ2) is 4.57. The molecule has 2 heteroatoms. The maximum atomic E-state index is 10.8. The molecule has 0 bridgehead atoms. The molecule has 0 aromatic heterocycles. The number of fused-ring (bicyclic) bond motifs is 1. The normalized spacial score (nSPS) is 34.8. The van der Waals surface area contributed by atoms with E-state index in [2.05, 4.69) is 45.9 Å². The van der Waals surface area contributed by atoms with Crippen molar-refractivity contribution in [2.24, 2.45) is 11.8 Å². The van der Waals surface area contributed by atoms with E-state index in [4.69, 9.17) is 4.74 Å². The van der Waals surface area contributed by atoms with Gasteiger partial charge in [-0.1, -0.05) is 24.3 Å². The van der Waals surface area contributed by atoms with Gasteiger partial charge in [-0.25, -0.2) is 0 Å². The van der Waals surface area contributed by atoms with Gasteiger partial charge in [0.05, 0.1) is 17.3 Å². The van der Waals surface area contributed by atoms with E-state index in [9.17, 15) is 5.11 Å². The molecule has 0 spiro atoms. The van der Waals surface area contributed by atoms with E-state index in [1.54, 1.807) is 0 Å². The molecule has 110 valence electrons. The minimum Gasteiger partial charge on any atom is -0.388 e. The Bertz CT molecular complexity index is 504. The van der Waals surface area contributed by atoms with E-state index in [0.717, 1.165) is 24.8 Å². The molecule has 0 radical (unpaired) electrons. The summed E-state index contributed by atoms with van der Waals surface area (Å²) in [5, 5.41) is 10.8. The fourth-order valence-electron chi connectivity index (χ4n) is 4.45. The number of benzene rings is 1. The van der Waals surface area contributed by atoms with E-state index in [1.165, 1.54) is 5.56 Å². The summed E-state index contributed by atoms with van der Waals surface area (Å²) in [6.45, 7) is 8.69. The third-order valence-electron chi connectivity index (χ3n) is 5.19. The Morgan fingerprint density at radius 1 is 1.15 bits per heavy atom. The largest absolute Gasteiger partial charge is 0.388 e. The molecule has 0 amide bonds. The first-order valence-electron chi connectivity index (χ1n) is 7.76. The van der Waals surface area contributed by atoms with Gasteiger partial charge < -0.3 is 9.84 Å². The highest BCUT2D eigenvalue weighted by atomic mass is 16.5. The first kappa shape index (κ1) is 14.1. The van der Waals surface area contributed by atoms with Crippen molar-refractivity contribution < 1.29 is 9.84 Å². The lowest BCUT2D eigenvalue weighted by Crippen LogP contribution is -2.37. The zero-order valence-electron chi connectivity index (χ0n) is 13.0. The van der Waals surface area contributed by atoms with Gasteiger partial charge in [-0.05, 0) is 69.9 Å². The zero-order valence-corrected chi connectivity index (χ0v) is 13.0. The Labute approximate surface area is 122 Å². The number of hydrogen-bond acceptors (Lipinski definition) is 2. The standard InChI is InChI=1S/C18H26O2/c1-17(2)11-15(18(3,4)20-17)14-10-9-12-7-5-6-8-13(12)16(14)19/h5-8,14-16,19H,9-11H2,1-4H3. The van der Waals surface area contributed by atoms with Crippen molar-refractivity contribution >= 4 is 0 Å². The smallest absolute Gasteiger partial charge is 0.0824 e. The van der Waals surface area contributed by atoms with Gasteiger partial charge in [-0.2, -0.15) is 0 Å².